The number of piperidine rings is 1. The highest BCUT2D eigenvalue weighted by atomic mass is 16.2. The topological polar surface area (TPSA) is 46.3 Å². The minimum Gasteiger partial charge on any atom is -0.339 e. The number of likely N-dealkylation sites (tertiary alicyclic amines) is 1. The molecule has 1 amide bonds. The molecule has 15 heavy (non-hydrogen) atoms. The molecule has 2 N–H and O–H groups in total. The number of carbonyl (C=O) groups excluding carboxylic acids is 1. The normalized spacial score (nSPS) is 21.3. The molecular formula is C12H22N2O. The molecule has 0 radical (unpaired) electrons. The first-order chi connectivity index (χ1) is 7.13. The fourth-order valence-corrected chi connectivity index (χ4v) is 2.07. The summed E-state index contributed by atoms with van der Waals surface area (Å²) >= 11 is 0. The van der Waals surface area contributed by atoms with Crippen LogP contribution < -0.4 is 5.73 Å². The summed E-state index contributed by atoms with van der Waals surface area (Å²) in [5.41, 5.74) is 6.62. The fraction of sp³-hybridized carbons (Fsp3) is 0.750. The number of nitrogens with two attached hydrogens (primary N) is 1. The van der Waals surface area contributed by atoms with Crippen molar-refractivity contribution < 1.29 is 4.79 Å². The van der Waals surface area contributed by atoms with Crippen molar-refractivity contribution in [1.29, 1.82) is 0 Å². The van der Waals surface area contributed by atoms with Gasteiger partial charge in [-0.1, -0.05) is 5.57 Å². The molecule has 0 saturated carbocycles. The smallest absolute Gasteiger partial charge is 0.246 e. The first-order valence-corrected chi connectivity index (χ1v) is 5.77. The number of amides is 1. The van der Waals surface area contributed by atoms with E-state index >= 15 is 0 Å². The second-order valence-electron chi connectivity index (χ2n) is 4.59. The maximum Gasteiger partial charge on any atom is 0.246 e. The molecule has 0 aliphatic carbocycles. The lowest BCUT2D eigenvalue weighted by Gasteiger charge is -2.32. The van der Waals surface area contributed by atoms with E-state index in [0.29, 0.717) is 5.92 Å². The van der Waals surface area contributed by atoms with E-state index in [1.165, 1.54) is 6.42 Å². The van der Waals surface area contributed by atoms with Crippen LogP contribution in [-0.2, 0) is 4.79 Å². The third kappa shape index (κ3) is 4.04. The highest BCUT2D eigenvalue weighted by Gasteiger charge is 2.21. The van der Waals surface area contributed by atoms with Gasteiger partial charge in [-0.25, -0.2) is 0 Å². The zero-order chi connectivity index (χ0) is 11.3. The van der Waals surface area contributed by atoms with Crippen LogP contribution in [0.1, 0.15) is 33.1 Å². The van der Waals surface area contributed by atoms with Gasteiger partial charge in [0.2, 0.25) is 5.91 Å². The second-order valence-corrected chi connectivity index (χ2v) is 4.59. The molecule has 0 aromatic carbocycles. The number of hydrogen-bond donors (Lipinski definition) is 1. The van der Waals surface area contributed by atoms with Gasteiger partial charge in [-0.15, -0.1) is 0 Å². The van der Waals surface area contributed by atoms with Gasteiger partial charge >= 0.3 is 0 Å². The lowest BCUT2D eigenvalue weighted by Crippen LogP contribution is -2.39. The van der Waals surface area contributed by atoms with E-state index in [2.05, 4.69) is 0 Å². The van der Waals surface area contributed by atoms with Crippen molar-refractivity contribution >= 4 is 5.91 Å². The van der Waals surface area contributed by atoms with Crippen LogP contribution in [-0.4, -0.2) is 30.4 Å². The Hall–Kier alpha value is -0.830. The molecule has 3 heteroatoms. The quantitative estimate of drug-likeness (QED) is 0.718. The van der Waals surface area contributed by atoms with Gasteiger partial charge in [-0.2, -0.15) is 0 Å². The van der Waals surface area contributed by atoms with Crippen molar-refractivity contribution in [3.63, 3.8) is 0 Å². The molecule has 1 unspecified atom stereocenters. The Balaban J connectivity index is 2.48. The molecule has 1 heterocycles. The first kappa shape index (κ1) is 12.2. The molecular weight excluding hydrogens is 188 g/mol. The van der Waals surface area contributed by atoms with Gasteiger partial charge in [0.15, 0.2) is 0 Å². The molecule has 3 nitrogen and oxygen atoms in total. The summed E-state index contributed by atoms with van der Waals surface area (Å²) in [6, 6.07) is 0. The summed E-state index contributed by atoms with van der Waals surface area (Å²) in [6.45, 7) is 6.44. The molecule has 0 aromatic rings. The predicted molar refractivity (Wildman–Crippen MR) is 62.4 cm³/mol. The summed E-state index contributed by atoms with van der Waals surface area (Å²) in [5.74, 6) is 0.773. The van der Waals surface area contributed by atoms with Gasteiger partial charge in [-0.3, -0.25) is 4.79 Å². The van der Waals surface area contributed by atoms with Crippen LogP contribution in [0.15, 0.2) is 11.6 Å². The zero-order valence-corrected chi connectivity index (χ0v) is 9.83. The van der Waals surface area contributed by atoms with Crippen LogP contribution in [0.4, 0.5) is 0 Å². The predicted octanol–water partition coefficient (Wildman–Crippen LogP) is 1.54. The van der Waals surface area contributed by atoms with Gasteiger partial charge in [0, 0.05) is 19.2 Å². The average molecular weight is 210 g/mol. The van der Waals surface area contributed by atoms with E-state index in [4.69, 9.17) is 5.73 Å². The van der Waals surface area contributed by atoms with Gasteiger partial charge in [0.05, 0.1) is 0 Å². The molecule has 0 bridgehead atoms. The van der Waals surface area contributed by atoms with Crippen LogP contribution in [0, 0.1) is 5.92 Å². The molecule has 0 aromatic heterocycles. The minimum absolute atomic E-state index is 0.164. The Morgan fingerprint density at radius 3 is 2.87 bits per heavy atom. The van der Waals surface area contributed by atoms with Crippen LogP contribution in [0.2, 0.25) is 0 Å². The number of hydrogen-bond acceptors (Lipinski definition) is 2. The third-order valence-electron chi connectivity index (χ3n) is 2.82. The summed E-state index contributed by atoms with van der Waals surface area (Å²) in [6.07, 6.45) is 5.10. The van der Waals surface area contributed by atoms with Crippen molar-refractivity contribution in [3.05, 3.63) is 11.6 Å². The summed E-state index contributed by atoms with van der Waals surface area (Å²) in [7, 11) is 0. The molecule has 1 aliphatic heterocycles. The van der Waals surface area contributed by atoms with Crippen molar-refractivity contribution in [2.75, 3.05) is 19.6 Å². The van der Waals surface area contributed by atoms with Gasteiger partial charge in [0.25, 0.3) is 0 Å². The lowest BCUT2D eigenvalue weighted by atomic mass is 9.95. The van der Waals surface area contributed by atoms with Gasteiger partial charge < -0.3 is 10.6 Å². The van der Waals surface area contributed by atoms with Crippen molar-refractivity contribution in [2.45, 2.75) is 33.1 Å². The first-order valence-electron chi connectivity index (χ1n) is 5.77. The van der Waals surface area contributed by atoms with E-state index in [1.54, 1.807) is 6.08 Å². The standard InChI is InChI=1S/C12H22N2O/c1-10(2)8-12(15)14-7-3-4-11(9-14)5-6-13/h8,11H,3-7,9,13H2,1-2H3. The Morgan fingerprint density at radius 2 is 2.27 bits per heavy atom. The van der Waals surface area contributed by atoms with Crippen LogP contribution >= 0.6 is 0 Å². The molecule has 1 atom stereocenters. The van der Waals surface area contributed by atoms with Crippen molar-refractivity contribution in [3.8, 4) is 0 Å². The Labute approximate surface area is 92.3 Å². The summed E-state index contributed by atoms with van der Waals surface area (Å²) in [4.78, 5) is 13.7. The van der Waals surface area contributed by atoms with Crippen molar-refractivity contribution in [1.82, 2.24) is 4.90 Å². The van der Waals surface area contributed by atoms with Crippen LogP contribution in [0.5, 0.6) is 0 Å². The minimum atomic E-state index is 0.164. The second kappa shape index (κ2) is 5.91. The van der Waals surface area contributed by atoms with E-state index in [9.17, 15) is 4.79 Å². The number of nitrogens with zero attached hydrogens (tertiary/aromatic N) is 1. The molecule has 1 rings (SSSR count). The van der Waals surface area contributed by atoms with Crippen LogP contribution in [0.3, 0.4) is 0 Å². The number of allylic oxidation sites excluding steroid dienone is 1. The lowest BCUT2D eigenvalue weighted by molar-refractivity contribution is -0.127. The zero-order valence-electron chi connectivity index (χ0n) is 9.83. The monoisotopic (exact) mass is 210 g/mol. The van der Waals surface area contributed by atoms with Gasteiger partial charge in [-0.05, 0) is 45.6 Å². The average Bonchev–Trinajstić information content (AvgIpc) is 2.17. The summed E-state index contributed by atoms with van der Waals surface area (Å²) < 4.78 is 0. The third-order valence-corrected chi connectivity index (χ3v) is 2.82. The summed E-state index contributed by atoms with van der Waals surface area (Å²) in [5, 5.41) is 0. The van der Waals surface area contributed by atoms with Gasteiger partial charge in [0.1, 0.15) is 0 Å². The number of rotatable bonds is 3. The molecule has 1 fully saturated rings. The van der Waals surface area contributed by atoms with E-state index in [-0.39, 0.29) is 5.91 Å². The van der Waals surface area contributed by atoms with E-state index < -0.39 is 0 Å². The molecule has 86 valence electrons. The van der Waals surface area contributed by atoms with E-state index in [0.717, 1.165) is 38.0 Å². The highest BCUT2D eigenvalue weighted by Crippen LogP contribution is 2.19. The maximum absolute atomic E-state index is 11.8. The van der Waals surface area contributed by atoms with E-state index in [1.807, 2.05) is 18.7 Å². The molecule has 1 aliphatic rings. The Bertz CT molecular complexity index is 242. The molecule has 1 saturated heterocycles. The maximum atomic E-state index is 11.8. The Morgan fingerprint density at radius 1 is 1.53 bits per heavy atom. The van der Waals surface area contributed by atoms with Crippen molar-refractivity contribution in [2.24, 2.45) is 11.7 Å². The fourth-order valence-electron chi connectivity index (χ4n) is 2.07. The number of carbonyl (C=O) groups is 1. The Kier molecular flexibility index (Phi) is 4.82. The van der Waals surface area contributed by atoms with Crippen LogP contribution in [0.25, 0.3) is 0 Å². The SMILES string of the molecule is CC(C)=CC(=O)N1CCCC(CCN)C1. The largest absolute Gasteiger partial charge is 0.339 e. The molecule has 0 spiro atoms. The highest BCUT2D eigenvalue weighted by molar-refractivity contribution is 5.88.